The average molecular weight is 396 g/mol. The molecule has 0 spiro atoms. The second-order valence-electron chi connectivity index (χ2n) is 5.64. The molecule has 1 amide bonds. The molecule has 26 heavy (non-hydrogen) atoms. The van der Waals surface area contributed by atoms with E-state index in [-0.39, 0.29) is 12.5 Å². The van der Waals surface area contributed by atoms with Gasteiger partial charge in [-0.15, -0.1) is 0 Å². The van der Waals surface area contributed by atoms with Crippen LogP contribution in [0.25, 0.3) is 11.1 Å². The Morgan fingerprint density at radius 2 is 1.62 bits per heavy atom. The van der Waals surface area contributed by atoms with E-state index in [1.54, 1.807) is 6.07 Å². The lowest BCUT2D eigenvalue weighted by Gasteiger charge is -2.16. The number of halogens is 2. The molecule has 2 rings (SSSR count). The van der Waals surface area contributed by atoms with E-state index in [0.717, 1.165) is 16.7 Å². The molecule has 0 heterocycles. The van der Waals surface area contributed by atoms with Crippen LogP contribution >= 0.6 is 23.2 Å². The molecule has 0 saturated heterocycles. The second kappa shape index (κ2) is 9.57. The van der Waals surface area contributed by atoms with Crippen LogP contribution in [0.3, 0.4) is 0 Å². The Morgan fingerprint density at radius 3 is 2.15 bits per heavy atom. The first-order chi connectivity index (χ1) is 12.4. The van der Waals surface area contributed by atoms with Crippen molar-refractivity contribution in [3.63, 3.8) is 0 Å². The molecule has 2 aromatic rings. The smallest absolute Gasteiger partial charge is 0.328 e. The van der Waals surface area contributed by atoms with Crippen molar-refractivity contribution in [1.29, 1.82) is 0 Å². The van der Waals surface area contributed by atoms with Gasteiger partial charge in [0.1, 0.15) is 12.6 Å². The van der Waals surface area contributed by atoms with E-state index in [0.29, 0.717) is 16.5 Å². The van der Waals surface area contributed by atoms with Gasteiger partial charge in [-0.1, -0.05) is 47.5 Å². The molecule has 0 radical (unpaired) electrons. The van der Waals surface area contributed by atoms with Crippen LogP contribution in [0, 0.1) is 0 Å². The van der Waals surface area contributed by atoms with Crippen LogP contribution in [-0.4, -0.2) is 38.7 Å². The highest BCUT2D eigenvalue weighted by Crippen LogP contribution is 2.27. The molecular weight excluding hydrogens is 377 g/mol. The number of amides is 1. The van der Waals surface area contributed by atoms with Crippen LogP contribution in [0.5, 0.6) is 0 Å². The average Bonchev–Trinajstić information content (AvgIpc) is 2.60. The number of ether oxygens (including phenoxy) is 2. The summed E-state index contributed by atoms with van der Waals surface area (Å²) < 4.78 is 9.53. The number of rotatable bonds is 7. The van der Waals surface area contributed by atoms with Gasteiger partial charge in [-0.2, -0.15) is 0 Å². The zero-order valence-electron chi connectivity index (χ0n) is 14.4. The first kappa shape index (κ1) is 20.2. The summed E-state index contributed by atoms with van der Waals surface area (Å²) in [6.07, 6.45) is 0.304. The highest BCUT2D eigenvalue weighted by atomic mass is 35.5. The van der Waals surface area contributed by atoms with Gasteiger partial charge in [0, 0.05) is 23.6 Å². The number of carbonyl (C=O) groups is 2. The molecule has 0 aliphatic carbocycles. The number of esters is 1. The third-order valence-electron chi connectivity index (χ3n) is 3.69. The second-order valence-corrected chi connectivity index (χ2v) is 6.51. The van der Waals surface area contributed by atoms with Crippen molar-refractivity contribution in [1.82, 2.24) is 5.32 Å². The van der Waals surface area contributed by atoms with E-state index in [1.165, 1.54) is 14.2 Å². The molecule has 2 aromatic carbocycles. The van der Waals surface area contributed by atoms with Crippen molar-refractivity contribution in [2.24, 2.45) is 0 Å². The molecule has 1 N–H and O–H groups in total. The Hall–Kier alpha value is -2.08. The Morgan fingerprint density at radius 1 is 1.00 bits per heavy atom. The van der Waals surface area contributed by atoms with Gasteiger partial charge in [0.25, 0.3) is 0 Å². The van der Waals surface area contributed by atoms with Crippen LogP contribution < -0.4 is 5.32 Å². The van der Waals surface area contributed by atoms with Crippen LogP contribution in [0.2, 0.25) is 10.0 Å². The van der Waals surface area contributed by atoms with Crippen molar-refractivity contribution in [2.75, 3.05) is 20.8 Å². The number of methoxy groups -OCH3 is 2. The zero-order chi connectivity index (χ0) is 19.1. The molecule has 0 saturated carbocycles. The van der Waals surface area contributed by atoms with Crippen molar-refractivity contribution >= 4 is 35.1 Å². The van der Waals surface area contributed by atoms with Gasteiger partial charge in [0.05, 0.1) is 7.11 Å². The molecule has 138 valence electrons. The molecule has 0 aromatic heterocycles. The number of benzene rings is 2. The normalized spacial score (nSPS) is 11.7. The Bertz CT molecular complexity index is 757. The molecule has 7 heteroatoms. The summed E-state index contributed by atoms with van der Waals surface area (Å²) in [4.78, 5) is 23.6. The fraction of sp³-hybridized carbons (Fsp3) is 0.263. The minimum atomic E-state index is -0.783. The summed E-state index contributed by atoms with van der Waals surface area (Å²) >= 11 is 12.1. The number of nitrogens with one attached hydrogen (secondary N) is 1. The van der Waals surface area contributed by atoms with Crippen LogP contribution in [0.4, 0.5) is 0 Å². The quantitative estimate of drug-likeness (QED) is 0.728. The minimum Gasteiger partial charge on any atom is -0.467 e. The fourth-order valence-electron chi connectivity index (χ4n) is 2.49. The Labute approximate surface area is 162 Å². The maximum atomic E-state index is 11.9. The van der Waals surface area contributed by atoms with Crippen LogP contribution in [0.1, 0.15) is 5.56 Å². The summed E-state index contributed by atoms with van der Waals surface area (Å²) in [6, 6.07) is 12.1. The van der Waals surface area contributed by atoms with Crippen molar-refractivity contribution < 1.29 is 19.1 Å². The van der Waals surface area contributed by atoms with Gasteiger partial charge in [-0.3, -0.25) is 4.79 Å². The summed E-state index contributed by atoms with van der Waals surface area (Å²) in [5.74, 6) is -0.895. The third kappa shape index (κ3) is 5.73. The Balaban J connectivity index is 2.14. The van der Waals surface area contributed by atoms with Crippen molar-refractivity contribution in [2.45, 2.75) is 12.5 Å². The van der Waals surface area contributed by atoms with E-state index in [4.69, 9.17) is 32.7 Å². The lowest BCUT2D eigenvalue weighted by atomic mass is 10.0. The highest BCUT2D eigenvalue weighted by Gasteiger charge is 2.21. The predicted octanol–water partition coefficient (Wildman–Crippen LogP) is 3.51. The molecule has 0 fully saturated rings. The van der Waals surface area contributed by atoms with Crippen molar-refractivity contribution in [3.05, 3.63) is 58.1 Å². The summed E-state index contributed by atoms with van der Waals surface area (Å²) in [5, 5.41) is 3.72. The van der Waals surface area contributed by atoms with Gasteiger partial charge in [0.2, 0.25) is 5.91 Å². The molecule has 5 nitrogen and oxygen atoms in total. The first-order valence-corrected chi connectivity index (χ1v) is 8.60. The molecule has 0 aliphatic heterocycles. The van der Waals surface area contributed by atoms with Crippen molar-refractivity contribution in [3.8, 4) is 11.1 Å². The van der Waals surface area contributed by atoms with E-state index in [1.807, 2.05) is 36.4 Å². The fourth-order valence-corrected chi connectivity index (χ4v) is 3.02. The molecule has 0 aliphatic rings. The molecular formula is C19H19Cl2NO4. The van der Waals surface area contributed by atoms with E-state index in [2.05, 4.69) is 5.32 Å². The lowest BCUT2D eigenvalue weighted by molar-refractivity contribution is -0.145. The van der Waals surface area contributed by atoms with Gasteiger partial charge in [-0.05, 0) is 34.9 Å². The summed E-state index contributed by atoms with van der Waals surface area (Å²) in [7, 11) is 2.69. The highest BCUT2D eigenvalue weighted by molar-refractivity contribution is 6.35. The van der Waals surface area contributed by atoms with E-state index < -0.39 is 12.0 Å². The SMILES string of the molecule is COCC(=O)N[C@@H](Cc1ccc(-c2cc(Cl)cc(Cl)c2)cc1)C(=O)OC. The number of hydrogen-bond donors (Lipinski definition) is 1. The van der Waals surface area contributed by atoms with Gasteiger partial charge < -0.3 is 14.8 Å². The Kier molecular flexibility index (Phi) is 7.45. The number of hydrogen-bond acceptors (Lipinski definition) is 4. The van der Waals surface area contributed by atoms with E-state index in [9.17, 15) is 9.59 Å². The van der Waals surface area contributed by atoms with Gasteiger partial charge in [-0.25, -0.2) is 4.79 Å². The van der Waals surface area contributed by atoms with Crippen LogP contribution in [0.15, 0.2) is 42.5 Å². The topological polar surface area (TPSA) is 64.6 Å². The predicted molar refractivity (Wildman–Crippen MR) is 101 cm³/mol. The summed E-state index contributed by atoms with van der Waals surface area (Å²) in [5.41, 5.74) is 2.71. The maximum absolute atomic E-state index is 11.9. The van der Waals surface area contributed by atoms with Gasteiger partial charge in [0.15, 0.2) is 0 Å². The maximum Gasteiger partial charge on any atom is 0.328 e. The molecule has 1 atom stereocenters. The lowest BCUT2D eigenvalue weighted by Crippen LogP contribution is -2.44. The standard InChI is InChI=1S/C19H19Cl2NO4/c1-25-11-18(23)22-17(19(24)26-2)7-12-3-5-13(6-4-12)14-8-15(20)10-16(21)9-14/h3-6,8-10,17H,7,11H2,1-2H3,(H,22,23)/t17-/m0/s1. The van der Waals surface area contributed by atoms with Gasteiger partial charge >= 0.3 is 5.97 Å². The first-order valence-electron chi connectivity index (χ1n) is 7.84. The van der Waals surface area contributed by atoms with E-state index >= 15 is 0 Å². The largest absolute Gasteiger partial charge is 0.467 e. The zero-order valence-corrected chi connectivity index (χ0v) is 15.9. The molecule has 0 unspecified atom stereocenters. The number of carbonyl (C=O) groups excluding carboxylic acids is 2. The summed E-state index contributed by atoms with van der Waals surface area (Å²) in [6.45, 7) is -0.123. The molecule has 0 bridgehead atoms. The minimum absolute atomic E-state index is 0.123. The van der Waals surface area contributed by atoms with Crippen LogP contribution in [-0.2, 0) is 25.5 Å². The third-order valence-corrected chi connectivity index (χ3v) is 4.12. The monoisotopic (exact) mass is 395 g/mol.